The van der Waals surface area contributed by atoms with Gasteiger partial charge in [-0.25, -0.2) is 0 Å². The second kappa shape index (κ2) is 7.71. The van der Waals surface area contributed by atoms with Crippen molar-refractivity contribution in [2.24, 2.45) is 0 Å². The zero-order chi connectivity index (χ0) is 17.8. The summed E-state index contributed by atoms with van der Waals surface area (Å²) in [7, 11) is 0. The van der Waals surface area contributed by atoms with Gasteiger partial charge in [0.15, 0.2) is 0 Å². The van der Waals surface area contributed by atoms with Gasteiger partial charge in [0.05, 0.1) is 6.42 Å². The first-order chi connectivity index (χ1) is 12.8. The molecule has 0 N–H and O–H groups in total. The largest absolute Gasteiger partial charge is 0.340 e. The number of carbonyl (C=O) groups is 1. The molecule has 1 amide bonds. The van der Waals surface area contributed by atoms with Crippen LogP contribution in [0.3, 0.4) is 0 Å². The van der Waals surface area contributed by atoms with Gasteiger partial charge in [-0.15, -0.1) is 0 Å². The fourth-order valence-electron chi connectivity index (χ4n) is 3.71. The number of rotatable bonds is 4. The van der Waals surface area contributed by atoms with E-state index in [1.165, 1.54) is 16.3 Å². The van der Waals surface area contributed by atoms with Crippen molar-refractivity contribution < 1.29 is 4.79 Å². The van der Waals surface area contributed by atoms with Crippen LogP contribution in [0.25, 0.3) is 10.8 Å². The minimum atomic E-state index is 0.237. The Morgan fingerprint density at radius 1 is 0.769 bits per heavy atom. The SMILES string of the molecule is O=C(Cc1ccccc1)N1CCN(Cc2cccc3ccccc23)CC1. The van der Waals surface area contributed by atoms with E-state index in [0.717, 1.165) is 38.3 Å². The Morgan fingerprint density at radius 2 is 1.46 bits per heavy atom. The summed E-state index contributed by atoms with van der Waals surface area (Å²) in [6, 6.07) is 25.1. The fourth-order valence-corrected chi connectivity index (χ4v) is 3.71. The van der Waals surface area contributed by atoms with Crippen molar-refractivity contribution in [3.63, 3.8) is 0 Å². The van der Waals surface area contributed by atoms with Crippen LogP contribution in [0.4, 0.5) is 0 Å². The van der Waals surface area contributed by atoms with Gasteiger partial charge in [-0.3, -0.25) is 9.69 Å². The van der Waals surface area contributed by atoms with E-state index in [1.807, 2.05) is 35.2 Å². The van der Waals surface area contributed by atoms with E-state index in [-0.39, 0.29) is 5.91 Å². The molecule has 0 aliphatic carbocycles. The molecule has 3 nitrogen and oxygen atoms in total. The van der Waals surface area contributed by atoms with E-state index in [4.69, 9.17) is 0 Å². The number of amides is 1. The molecule has 0 atom stereocenters. The van der Waals surface area contributed by atoms with Crippen LogP contribution in [0.15, 0.2) is 72.8 Å². The third-order valence-corrected chi connectivity index (χ3v) is 5.20. The summed E-state index contributed by atoms with van der Waals surface area (Å²) in [4.78, 5) is 17.0. The van der Waals surface area contributed by atoms with Crippen LogP contribution in [-0.2, 0) is 17.8 Å². The number of benzene rings is 3. The van der Waals surface area contributed by atoms with Crippen LogP contribution in [0.2, 0.25) is 0 Å². The standard InChI is InChI=1S/C23H24N2O/c26-23(17-19-7-2-1-3-8-19)25-15-13-24(14-16-25)18-21-11-6-10-20-9-4-5-12-22(20)21/h1-12H,13-18H2. The molecule has 0 bridgehead atoms. The molecule has 0 spiro atoms. The van der Waals surface area contributed by atoms with Gasteiger partial charge in [-0.2, -0.15) is 0 Å². The van der Waals surface area contributed by atoms with Gasteiger partial charge < -0.3 is 4.90 Å². The molecule has 3 aromatic rings. The summed E-state index contributed by atoms with van der Waals surface area (Å²) in [5, 5.41) is 2.62. The van der Waals surface area contributed by atoms with E-state index < -0.39 is 0 Å². The molecule has 26 heavy (non-hydrogen) atoms. The molecule has 132 valence electrons. The number of nitrogens with zero attached hydrogens (tertiary/aromatic N) is 2. The normalized spacial score (nSPS) is 15.3. The Balaban J connectivity index is 1.35. The van der Waals surface area contributed by atoms with Gasteiger partial charge in [-0.1, -0.05) is 72.8 Å². The molecule has 1 aliphatic rings. The van der Waals surface area contributed by atoms with Crippen molar-refractivity contribution in [2.45, 2.75) is 13.0 Å². The van der Waals surface area contributed by atoms with Gasteiger partial charge in [0.2, 0.25) is 5.91 Å². The lowest BCUT2D eigenvalue weighted by atomic mass is 10.0. The second-order valence-corrected chi connectivity index (χ2v) is 6.96. The third-order valence-electron chi connectivity index (χ3n) is 5.20. The Morgan fingerprint density at radius 3 is 2.27 bits per heavy atom. The molecule has 0 aromatic heterocycles. The molecule has 1 fully saturated rings. The van der Waals surface area contributed by atoms with Crippen LogP contribution < -0.4 is 0 Å². The summed E-state index contributed by atoms with van der Waals surface area (Å²) >= 11 is 0. The van der Waals surface area contributed by atoms with Crippen LogP contribution in [0, 0.1) is 0 Å². The average Bonchev–Trinajstić information content (AvgIpc) is 2.70. The molecular weight excluding hydrogens is 320 g/mol. The first kappa shape index (κ1) is 16.8. The van der Waals surface area contributed by atoms with Gasteiger partial charge in [0, 0.05) is 32.7 Å². The summed E-state index contributed by atoms with van der Waals surface area (Å²) in [5.41, 5.74) is 2.46. The zero-order valence-electron chi connectivity index (χ0n) is 15.0. The average molecular weight is 344 g/mol. The van der Waals surface area contributed by atoms with E-state index in [0.29, 0.717) is 6.42 Å². The molecule has 0 saturated carbocycles. The number of hydrogen-bond donors (Lipinski definition) is 0. The minimum absolute atomic E-state index is 0.237. The van der Waals surface area contributed by atoms with Crippen LogP contribution in [0.5, 0.6) is 0 Å². The van der Waals surface area contributed by atoms with E-state index in [1.54, 1.807) is 0 Å². The Bertz CT molecular complexity index is 878. The fraction of sp³-hybridized carbons (Fsp3) is 0.261. The summed E-state index contributed by atoms with van der Waals surface area (Å²) in [6.07, 6.45) is 0.504. The van der Waals surface area contributed by atoms with Crippen molar-refractivity contribution in [3.8, 4) is 0 Å². The van der Waals surface area contributed by atoms with Crippen molar-refractivity contribution in [1.29, 1.82) is 0 Å². The molecule has 1 aliphatic heterocycles. The number of carbonyl (C=O) groups excluding carboxylic acids is 1. The summed E-state index contributed by atoms with van der Waals surface area (Å²) < 4.78 is 0. The van der Waals surface area contributed by atoms with Gasteiger partial charge >= 0.3 is 0 Å². The van der Waals surface area contributed by atoms with Crippen LogP contribution >= 0.6 is 0 Å². The zero-order valence-corrected chi connectivity index (χ0v) is 15.0. The molecule has 3 aromatic carbocycles. The molecule has 1 heterocycles. The molecule has 4 rings (SSSR count). The Hall–Kier alpha value is -2.65. The van der Waals surface area contributed by atoms with Crippen molar-refractivity contribution >= 4 is 16.7 Å². The molecular formula is C23H24N2O. The number of piperazine rings is 1. The van der Waals surface area contributed by atoms with Gasteiger partial charge in [-0.05, 0) is 21.9 Å². The highest BCUT2D eigenvalue weighted by Gasteiger charge is 2.21. The highest BCUT2D eigenvalue weighted by molar-refractivity contribution is 5.85. The van der Waals surface area contributed by atoms with E-state index in [9.17, 15) is 4.79 Å². The third kappa shape index (κ3) is 3.78. The predicted molar refractivity (Wildman–Crippen MR) is 106 cm³/mol. The predicted octanol–water partition coefficient (Wildman–Crippen LogP) is 3.73. The Labute approximate surface area is 154 Å². The maximum absolute atomic E-state index is 12.5. The molecule has 1 saturated heterocycles. The lowest BCUT2D eigenvalue weighted by Gasteiger charge is -2.35. The first-order valence-corrected chi connectivity index (χ1v) is 9.30. The maximum Gasteiger partial charge on any atom is 0.227 e. The monoisotopic (exact) mass is 344 g/mol. The van der Waals surface area contributed by atoms with Gasteiger partial charge in [0.1, 0.15) is 0 Å². The van der Waals surface area contributed by atoms with Gasteiger partial charge in [0.25, 0.3) is 0 Å². The van der Waals surface area contributed by atoms with Crippen molar-refractivity contribution in [1.82, 2.24) is 9.80 Å². The minimum Gasteiger partial charge on any atom is -0.340 e. The molecule has 0 unspecified atom stereocenters. The maximum atomic E-state index is 12.5. The Kier molecular flexibility index (Phi) is 4.98. The number of hydrogen-bond acceptors (Lipinski definition) is 2. The second-order valence-electron chi connectivity index (χ2n) is 6.96. The topological polar surface area (TPSA) is 23.6 Å². The lowest BCUT2D eigenvalue weighted by Crippen LogP contribution is -2.48. The smallest absolute Gasteiger partial charge is 0.227 e. The molecule has 0 radical (unpaired) electrons. The molecule has 3 heteroatoms. The highest BCUT2D eigenvalue weighted by atomic mass is 16.2. The van der Waals surface area contributed by atoms with Crippen molar-refractivity contribution in [2.75, 3.05) is 26.2 Å². The number of fused-ring (bicyclic) bond motifs is 1. The summed E-state index contributed by atoms with van der Waals surface area (Å²) in [6.45, 7) is 4.45. The van der Waals surface area contributed by atoms with E-state index in [2.05, 4.69) is 47.4 Å². The highest BCUT2D eigenvalue weighted by Crippen LogP contribution is 2.20. The van der Waals surface area contributed by atoms with Crippen LogP contribution in [-0.4, -0.2) is 41.9 Å². The lowest BCUT2D eigenvalue weighted by molar-refractivity contribution is -0.132. The summed E-state index contributed by atoms with van der Waals surface area (Å²) in [5.74, 6) is 0.237. The quantitative estimate of drug-likeness (QED) is 0.720. The van der Waals surface area contributed by atoms with E-state index >= 15 is 0 Å². The van der Waals surface area contributed by atoms with Crippen molar-refractivity contribution in [3.05, 3.63) is 83.9 Å². The first-order valence-electron chi connectivity index (χ1n) is 9.30. The van der Waals surface area contributed by atoms with Crippen LogP contribution in [0.1, 0.15) is 11.1 Å².